The molecule has 2 nitrogen and oxygen atoms in total. The minimum atomic E-state index is 1.35. The maximum absolute atomic E-state index is 3.55. The maximum atomic E-state index is 3.55. The molecule has 0 aromatic rings. The van der Waals surface area contributed by atoms with E-state index < -0.39 is 0 Å². The van der Waals surface area contributed by atoms with Crippen LogP contribution in [0.4, 0.5) is 0 Å². The molecule has 0 amide bonds. The molecule has 0 atom stereocenters. The number of nitrogens with zero attached hydrogens (tertiary/aromatic N) is 1. The lowest BCUT2D eigenvalue weighted by Crippen LogP contribution is -1.88. The van der Waals surface area contributed by atoms with E-state index >= 15 is 0 Å². The first-order valence-corrected chi connectivity index (χ1v) is 1.82. The van der Waals surface area contributed by atoms with Crippen molar-refractivity contribution in [2.24, 2.45) is 4.40 Å². The zero-order chi connectivity index (χ0) is 4.12. The number of nitrogens with one attached hydrogen (secondary N) is 1. The fourth-order valence-electron chi connectivity index (χ4n) is 0.0258. The van der Waals surface area contributed by atoms with E-state index in [-0.39, 0.29) is 0 Å². The molecule has 0 spiro atoms. The van der Waals surface area contributed by atoms with E-state index in [2.05, 4.69) is 34.7 Å². The molecule has 0 aromatic carbocycles. The van der Waals surface area contributed by atoms with Crippen LogP contribution in [0, 0.1) is 0 Å². The Morgan fingerprint density at radius 1 is 1.80 bits per heavy atom. The van der Waals surface area contributed by atoms with Crippen LogP contribution in [0.3, 0.4) is 0 Å². The highest BCUT2D eigenvalue weighted by molar-refractivity contribution is 7.79. The summed E-state index contributed by atoms with van der Waals surface area (Å²) in [7, 11) is 0. The van der Waals surface area contributed by atoms with Crippen molar-refractivity contribution in [1.82, 2.24) is 4.72 Å². The Morgan fingerprint density at radius 2 is 2.40 bits per heavy atom. The van der Waals surface area contributed by atoms with Crippen LogP contribution in [-0.4, -0.2) is 6.34 Å². The van der Waals surface area contributed by atoms with Crippen LogP contribution in [0.5, 0.6) is 0 Å². The lowest BCUT2D eigenvalue weighted by molar-refractivity contribution is 1.62. The SMILES string of the molecule is SN=CNS. The number of hydrogen-bond acceptors (Lipinski definition) is 3. The zero-order valence-corrected chi connectivity index (χ0v) is 4.21. The van der Waals surface area contributed by atoms with Gasteiger partial charge in [0.2, 0.25) is 0 Å². The van der Waals surface area contributed by atoms with Gasteiger partial charge in [0.15, 0.2) is 0 Å². The van der Waals surface area contributed by atoms with Crippen molar-refractivity contribution < 1.29 is 0 Å². The third-order valence-corrected chi connectivity index (χ3v) is 0.346. The average Bonchev–Trinajstić information content (AvgIpc) is 1.41. The van der Waals surface area contributed by atoms with Crippen LogP contribution < -0.4 is 4.72 Å². The molecule has 30 valence electrons. The Hall–Kier alpha value is 0.170. The van der Waals surface area contributed by atoms with Gasteiger partial charge < -0.3 is 4.72 Å². The molecule has 0 rings (SSSR count). The standard InChI is InChI=1S/CH4N2S2/c4-2-1-3-5/h1,4-5H,(H,2,3). The van der Waals surface area contributed by atoms with Gasteiger partial charge in [-0.05, 0) is 12.8 Å². The normalized spacial score (nSPS) is 9.20. The van der Waals surface area contributed by atoms with Gasteiger partial charge >= 0.3 is 0 Å². The van der Waals surface area contributed by atoms with Crippen molar-refractivity contribution in [2.75, 3.05) is 0 Å². The third-order valence-electron chi connectivity index (χ3n) is 0.115. The smallest absolute Gasteiger partial charge is 0.106 e. The molecule has 0 heterocycles. The van der Waals surface area contributed by atoms with Gasteiger partial charge in [-0.1, -0.05) is 12.8 Å². The van der Waals surface area contributed by atoms with Gasteiger partial charge in [0.25, 0.3) is 0 Å². The summed E-state index contributed by atoms with van der Waals surface area (Å²) in [6.07, 6.45) is 1.35. The van der Waals surface area contributed by atoms with Crippen LogP contribution in [0.15, 0.2) is 4.40 Å². The van der Waals surface area contributed by atoms with Gasteiger partial charge in [-0.25, -0.2) is 4.40 Å². The lowest BCUT2D eigenvalue weighted by Gasteiger charge is -1.72. The zero-order valence-electron chi connectivity index (χ0n) is 2.42. The molecular formula is CH4N2S2. The van der Waals surface area contributed by atoms with E-state index in [0.29, 0.717) is 0 Å². The summed E-state index contributed by atoms with van der Waals surface area (Å²) in [5.41, 5.74) is 0. The predicted octanol–water partition coefficient (Wildman–Crippen LogP) is 0.294. The molecule has 0 saturated carbocycles. The first-order valence-electron chi connectivity index (χ1n) is 0.970. The van der Waals surface area contributed by atoms with Crippen molar-refractivity contribution in [3.05, 3.63) is 0 Å². The molecule has 0 saturated heterocycles. The van der Waals surface area contributed by atoms with Crippen molar-refractivity contribution >= 4 is 32.0 Å². The second-order valence-corrected chi connectivity index (χ2v) is 0.863. The Bertz CT molecular complexity index is 34.6. The van der Waals surface area contributed by atoms with Gasteiger partial charge in [-0.3, -0.25) is 0 Å². The molecule has 0 unspecified atom stereocenters. The van der Waals surface area contributed by atoms with Crippen molar-refractivity contribution in [1.29, 1.82) is 0 Å². The lowest BCUT2D eigenvalue weighted by atomic mass is 11.4. The highest BCUT2D eigenvalue weighted by Crippen LogP contribution is 1.63. The molecule has 0 aliphatic rings. The van der Waals surface area contributed by atoms with Crippen LogP contribution in [0.25, 0.3) is 0 Å². The second-order valence-electron chi connectivity index (χ2n) is 0.374. The highest BCUT2D eigenvalue weighted by Gasteiger charge is 1.47. The molecule has 0 fully saturated rings. The quantitative estimate of drug-likeness (QED) is 0.251. The largest absolute Gasteiger partial charge is 0.323 e. The summed E-state index contributed by atoms with van der Waals surface area (Å²) in [6, 6.07) is 0. The van der Waals surface area contributed by atoms with E-state index in [1.54, 1.807) is 0 Å². The molecule has 0 aromatic heterocycles. The molecule has 0 aliphatic heterocycles. The molecule has 5 heavy (non-hydrogen) atoms. The van der Waals surface area contributed by atoms with Gasteiger partial charge in [0, 0.05) is 0 Å². The second kappa shape index (κ2) is 4.17. The first-order chi connectivity index (χ1) is 2.41. The van der Waals surface area contributed by atoms with E-state index in [0.717, 1.165) is 0 Å². The monoisotopic (exact) mass is 108 g/mol. The van der Waals surface area contributed by atoms with Gasteiger partial charge in [0.05, 0.1) is 0 Å². The fourth-order valence-corrected chi connectivity index (χ4v) is 0.232. The van der Waals surface area contributed by atoms with Crippen LogP contribution in [-0.2, 0) is 0 Å². The van der Waals surface area contributed by atoms with Gasteiger partial charge in [-0.15, -0.1) is 0 Å². The summed E-state index contributed by atoms with van der Waals surface area (Å²) >= 11 is 7.01. The highest BCUT2D eigenvalue weighted by atomic mass is 32.1. The van der Waals surface area contributed by atoms with Crippen LogP contribution in [0.1, 0.15) is 0 Å². The van der Waals surface area contributed by atoms with Crippen LogP contribution >= 0.6 is 25.6 Å². The van der Waals surface area contributed by atoms with Crippen molar-refractivity contribution in [3.8, 4) is 0 Å². The van der Waals surface area contributed by atoms with Crippen molar-refractivity contribution in [2.45, 2.75) is 0 Å². The summed E-state index contributed by atoms with van der Waals surface area (Å²) < 4.78 is 5.58. The Kier molecular flexibility index (Phi) is 4.31. The molecule has 0 radical (unpaired) electrons. The Morgan fingerprint density at radius 3 is 2.40 bits per heavy atom. The summed E-state index contributed by atoms with van der Waals surface area (Å²) in [6.45, 7) is 0. The van der Waals surface area contributed by atoms with E-state index in [1.807, 2.05) is 0 Å². The number of thiol groups is 2. The molecule has 0 aliphatic carbocycles. The number of rotatable bonds is 1. The van der Waals surface area contributed by atoms with E-state index in [9.17, 15) is 0 Å². The number of hydrogen-bond donors (Lipinski definition) is 3. The van der Waals surface area contributed by atoms with E-state index in [4.69, 9.17) is 0 Å². The van der Waals surface area contributed by atoms with Crippen molar-refractivity contribution in [3.63, 3.8) is 0 Å². The molecule has 1 N–H and O–H groups in total. The van der Waals surface area contributed by atoms with E-state index in [1.165, 1.54) is 6.34 Å². The summed E-state index contributed by atoms with van der Waals surface area (Å²) in [5.74, 6) is 0. The first kappa shape index (κ1) is 5.17. The Balaban J connectivity index is 2.62. The molecular weight excluding hydrogens is 104 g/mol. The summed E-state index contributed by atoms with van der Waals surface area (Å²) in [4.78, 5) is 0. The molecule has 4 heteroatoms. The maximum Gasteiger partial charge on any atom is 0.106 e. The summed E-state index contributed by atoms with van der Waals surface area (Å²) in [5, 5.41) is 0. The van der Waals surface area contributed by atoms with Crippen LogP contribution in [0.2, 0.25) is 0 Å². The minimum absolute atomic E-state index is 1.35. The topological polar surface area (TPSA) is 24.4 Å². The third kappa shape index (κ3) is 4.17. The fraction of sp³-hybridized carbons (Fsp3) is 0. The minimum Gasteiger partial charge on any atom is -0.323 e. The Labute approximate surface area is 41.8 Å². The average molecular weight is 108 g/mol. The van der Waals surface area contributed by atoms with Gasteiger partial charge in [0.1, 0.15) is 6.34 Å². The predicted molar refractivity (Wildman–Crippen MR) is 29.6 cm³/mol. The van der Waals surface area contributed by atoms with Gasteiger partial charge in [-0.2, -0.15) is 0 Å². The molecule has 0 bridgehead atoms.